The molecular weight excluding hydrogens is 166 g/mol. The Hall–Kier alpha value is -1.84. The minimum atomic E-state index is -0.0974. The Bertz CT molecular complexity index is 384. The Balaban J connectivity index is 2.49. The molecule has 13 heavy (non-hydrogen) atoms. The molecule has 1 aromatic carbocycles. The molecule has 0 bridgehead atoms. The molecule has 0 saturated heterocycles. The zero-order valence-corrected chi connectivity index (χ0v) is 6.95. The second-order valence-electron chi connectivity index (χ2n) is 2.86. The number of nitrogens with zero attached hydrogens (tertiary/aromatic N) is 1. The van der Waals surface area contributed by atoms with Gasteiger partial charge >= 0.3 is 0 Å². The van der Waals surface area contributed by atoms with Gasteiger partial charge in [0.15, 0.2) is 0 Å². The lowest BCUT2D eigenvalue weighted by Crippen LogP contribution is -2.13. The van der Waals surface area contributed by atoms with Crippen LogP contribution in [0.15, 0.2) is 23.2 Å². The number of benzodiazepines with no additional fused rings is 1. The monoisotopic (exact) mass is 175 g/mol. The van der Waals surface area contributed by atoms with Crippen LogP contribution >= 0.6 is 0 Å². The summed E-state index contributed by atoms with van der Waals surface area (Å²) in [5.41, 5.74) is 7.88. The summed E-state index contributed by atoms with van der Waals surface area (Å²) in [5, 5.41) is 2.73. The third kappa shape index (κ3) is 1.51. The van der Waals surface area contributed by atoms with Crippen LogP contribution in [0.5, 0.6) is 0 Å². The molecule has 4 heteroatoms. The summed E-state index contributed by atoms with van der Waals surface area (Å²) in [7, 11) is 0. The summed E-state index contributed by atoms with van der Waals surface area (Å²) in [6.45, 7) is 0.175. The summed E-state index contributed by atoms with van der Waals surface area (Å²) in [4.78, 5) is 15.0. The van der Waals surface area contributed by atoms with Crippen LogP contribution in [0.4, 0.5) is 11.4 Å². The molecule has 1 heterocycles. The number of anilines is 2. The van der Waals surface area contributed by atoms with Crippen LogP contribution in [0, 0.1) is 0 Å². The van der Waals surface area contributed by atoms with E-state index in [-0.39, 0.29) is 12.5 Å². The number of fused-ring (bicyclic) bond motifs is 1. The van der Waals surface area contributed by atoms with Crippen LogP contribution < -0.4 is 11.1 Å². The van der Waals surface area contributed by atoms with Crippen molar-refractivity contribution in [3.63, 3.8) is 0 Å². The Kier molecular flexibility index (Phi) is 1.73. The van der Waals surface area contributed by atoms with Crippen LogP contribution in [0.1, 0.15) is 5.56 Å². The molecule has 1 aliphatic rings. The average molecular weight is 175 g/mol. The summed E-state index contributed by atoms with van der Waals surface area (Å²) >= 11 is 0. The molecule has 0 aliphatic carbocycles. The lowest BCUT2D eigenvalue weighted by atomic mass is 10.2. The Morgan fingerprint density at radius 3 is 3.15 bits per heavy atom. The number of hydrogen-bond acceptors (Lipinski definition) is 3. The van der Waals surface area contributed by atoms with Gasteiger partial charge in [0.2, 0.25) is 5.91 Å². The van der Waals surface area contributed by atoms with Gasteiger partial charge < -0.3 is 11.1 Å². The van der Waals surface area contributed by atoms with Crippen LogP contribution in [-0.4, -0.2) is 18.7 Å². The molecule has 0 fully saturated rings. The first-order valence-corrected chi connectivity index (χ1v) is 3.95. The fourth-order valence-electron chi connectivity index (χ4n) is 1.22. The first-order chi connectivity index (χ1) is 6.25. The van der Waals surface area contributed by atoms with Crippen molar-refractivity contribution in [1.82, 2.24) is 0 Å². The minimum Gasteiger partial charge on any atom is -0.399 e. The predicted octanol–water partition coefficient (Wildman–Crippen LogP) is 0.640. The van der Waals surface area contributed by atoms with Gasteiger partial charge in [-0.15, -0.1) is 0 Å². The van der Waals surface area contributed by atoms with E-state index < -0.39 is 0 Å². The predicted molar refractivity (Wildman–Crippen MR) is 51.9 cm³/mol. The topological polar surface area (TPSA) is 67.5 Å². The number of hydrogen-bond donors (Lipinski definition) is 2. The number of rotatable bonds is 0. The maximum atomic E-state index is 11.1. The maximum Gasteiger partial charge on any atom is 0.246 e. The van der Waals surface area contributed by atoms with Gasteiger partial charge in [0, 0.05) is 23.2 Å². The molecule has 0 saturated carbocycles. The number of aliphatic imine (C=N–C) groups is 1. The van der Waals surface area contributed by atoms with E-state index in [1.54, 1.807) is 24.4 Å². The van der Waals surface area contributed by atoms with Gasteiger partial charge in [-0.3, -0.25) is 9.79 Å². The van der Waals surface area contributed by atoms with Crippen LogP contribution in [-0.2, 0) is 4.79 Å². The first kappa shape index (κ1) is 7.79. The quantitative estimate of drug-likeness (QED) is 0.568. The molecule has 1 amide bonds. The maximum absolute atomic E-state index is 11.1. The molecule has 4 nitrogen and oxygen atoms in total. The van der Waals surface area contributed by atoms with Crippen molar-refractivity contribution in [2.75, 3.05) is 17.6 Å². The molecule has 0 radical (unpaired) electrons. The van der Waals surface area contributed by atoms with E-state index in [2.05, 4.69) is 10.3 Å². The standard InChI is InChI=1S/C9H9N3O/c10-7-1-2-8-6(3-7)4-11-5-9(13)12-8/h1-4H,5,10H2,(H,12,13). The Morgan fingerprint density at radius 1 is 1.46 bits per heavy atom. The van der Waals surface area contributed by atoms with Crippen molar-refractivity contribution in [1.29, 1.82) is 0 Å². The summed E-state index contributed by atoms with van der Waals surface area (Å²) in [5.74, 6) is -0.0974. The number of nitrogens with two attached hydrogens (primary N) is 1. The van der Waals surface area contributed by atoms with Crippen molar-refractivity contribution in [3.05, 3.63) is 23.8 Å². The van der Waals surface area contributed by atoms with Gasteiger partial charge in [0.25, 0.3) is 0 Å². The zero-order valence-electron chi connectivity index (χ0n) is 6.95. The van der Waals surface area contributed by atoms with Crippen LogP contribution in [0.3, 0.4) is 0 Å². The van der Waals surface area contributed by atoms with Crippen LogP contribution in [0.2, 0.25) is 0 Å². The van der Waals surface area contributed by atoms with Crippen molar-refractivity contribution >= 4 is 23.5 Å². The van der Waals surface area contributed by atoms with Gasteiger partial charge in [0.05, 0.1) is 0 Å². The fraction of sp³-hybridized carbons (Fsp3) is 0.111. The second kappa shape index (κ2) is 2.90. The zero-order chi connectivity index (χ0) is 9.26. The fourth-order valence-corrected chi connectivity index (χ4v) is 1.22. The Morgan fingerprint density at radius 2 is 2.31 bits per heavy atom. The van der Waals surface area contributed by atoms with Crippen molar-refractivity contribution in [2.24, 2.45) is 4.99 Å². The number of nitrogens with one attached hydrogen (secondary N) is 1. The van der Waals surface area contributed by atoms with Crippen molar-refractivity contribution in [2.45, 2.75) is 0 Å². The third-order valence-electron chi connectivity index (χ3n) is 1.81. The summed E-state index contributed by atoms with van der Waals surface area (Å²) < 4.78 is 0. The van der Waals surface area contributed by atoms with Gasteiger partial charge in [0.1, 0.15) is 6.54 Å². The van der Waals surface area contributed by atoms with E-state index in [0.29, 0.717) is 5.69 Å². The second-order valence-corrected chi connectivity index (χ2v) is 2.86. The molecule has 1 aliphatic heterocycles. The molecule has 66 valence electrons. The molecule has 0 spiro atoms. The van der Waals surface area contributed by atoms with Gasteiger partial charge in [-0.25, -0.2) is 0 Å². The molecule has 1 aromatic rings. The van der Waals surface area contributed by atoms with Gasteiger partial charge in [-0.1, -0.05) is 0 Å². The van der Waals surface area contributed by atoms with E-state index in [1.807, 2.05) is 0 Å². The molecule has 0 atom stereocenters. The Labute approximate surface area is 75.5 Å². The molecule has 3 N–H and O–H groups in total. The molecule has 0 unspecified atom stereocenters. The average Bonchev–Trinajstić information content (AvgIpc) is 2.25. The SMILES string of the molecule is Nc1ccc2c(c1)C=NCC(=O)N2. The van der Waals surface area contributed by atoms with E-state index in [1.165, 1.54) is 0 Å². The lowest BCUT2D eigenvalue weighted by molar-refractivity contribution is -0.114. The van der Waals surface area contributed by atoms with Crippen molar-refractivity contribution < 1.29 is 4.79 Å². The number of benzene rings is 1. The summed E-state index contributed by atoms with van der Waals surface area (Å²) in [6, 6.07) is 5.31. The largest absolute Gasteiger partial charge is 0.399 e. The van der Waals surface area contributed by atoms with E-state index in [0.717, 1.165) is 11.3 Å². The van der Waals surface area contributed by atoms with E-state index in [4.69, 9.17) is 5.73 Å². The highest BCUT2D eigenvalue weighted by Gasteiger charge is 2.08. The molecule has 0 aromatic heterocycles. The highest BCUT2D eigenvalue weighted by molar-refractivity contribution is 6.02. The molecular formula is C9H9N3O. The number of carbonyl (C=O) groups excluding carboxylic acids is 1. The summed E-state index contributed by atoms with van der Waals surface area (Å²) in [6.07, 6.45) is 1.66. The van der Waals surface area contributed by atoms with Crippen molar-refractivity contribution in [3.8, 4) is 0 Å². The van der Waals surface area contributed by atoms with E-state index >= 15 is 0 Å². The third-order valence-corrected chi connectivity index (χ3v) is 1.81. The number of nitrogen functional groups attached to an aromatic ring is 1. The highest BCUT2D eigenvalue weighted by Crippen LogP contribution is 2.18. The minimum absolute atomic E-state index is 0.0974. The van der Waals surface area contributed by atoms with Crippen LogP contribution in [0.25, 0.3) is 0 Å². The lowest BCUT2D eigenvalue weighted by Gasteiger charge is -2.04. The van der Waals surface area contributed by atoms with E-state index in [9.17, 15) is 4.79 Å². The number of carbonyl (C=O) groups is 1. The van der Waals surface area contributed by atoms with Gasteiger partial charge in [-0.05, 0) is 18.2 Å². The molecule has 2 rings (SSSR count). The first-order valence-electron chi connectivity index (χ1n) is 3.95. The normalized spacial score (nSPS) is 14.6. The highest BCUT2D eigenvalue weighted by atomic mass is 16.1. The number of amides is 1. The van der Waals surface area contributed by atoms with Gasteiger partial charge in [-0.2, -0.15) is 0 Å². The smallest absolute Gasteiger partial charge is 0.246 e.